The van der Waals surface area contributed by atoms with Crippen molar-refractivity contribution in [3.63, 3.8) is 0 Å². The molecule has 1 fully saturated rings. The number of Topliss-reactive ketones (excluding diaryl/α,β-unsaturated/α-hetero) is 1. The number of fused-ring (bicyclic) bond motifs is 1. The molecule has 1 unspecified atom stereocenters. The van der Waals surface area contributed by atoms with Gasteiger partial charge in [0.15, 0.2) is 12.2 Å². The highest BCUT2D eigenvalue weighted by atomic mass is 16.5. The molecule has 2 amide bonds. The number of allylic oxidation sites excluding steroid dienone is 2. The van der Waals surface area contributed by atoms with Gasteiger partial charge in [-0.05, 0) is 60.9 Å². The molecule has 1 aromatic rings. The number of methoxy groups -OCH3 is 1. The summed E-state index contributed by atoms with van der Waals surface area (Å²) >= 11 is 0. The van der Waals surface area contributed by atoms with Gasteiger partial charge in [-0.25, -0.2) is 5.43 Å². The zero-order valence-corrected chi connectivity index (χ0v) is 17.3. The van der Waals surface area contributed by atoms with E-state index in [1.54, 1.807) is 7.11 Å². The van der Waals surface area contributed by atoms with E-state index < -0.39 is 29.9 Å². The summed E-state index contributed by atoms with van der Waals surface area (Å²) in [4.78, 5) is 35.2. The SMILES string of the molecule is COc1ccc2c(c1)CCC/C2=C\CC1C(=O)CC/C1=N\NC(=O)[C@H](O)[C@@H](O)C(N)=O. The van der Waals surface area contributed by atoms with Crippen LogP contribution in [0.2, 0.25) is 0 Å². The third-order valence-electron chi connectivity index (χ3n) is 5.74. The predicted molar refractivity (Wildman–Crippen MR) is 113 cm³/mol. The maximum Gasteiger partial charge on any atom is 0.272 e. The van der Waals surface area contributed by atoms with Crippen molar-refractivity contribution in [1.82, 2.24) is 5.43 Å². The first-order valence-electron chi connectivity index (χ1n) is 10.2. The molecule has 0 bridgehead atoms. The van der Waals surface area contributed by atoms with Crippen LogP contribution in [0.25, 0.3) is 5.57 Å². The van der Waals surface area contributed by atoms with Crippen LogP contribution in [-0.2, 0) is 20.8 Å². The lowest BCUT2D eigenvalue weighted by Gasteiger charge is -2.20. The number of hydrazone groups is 1. The summed E-state index contributed by atoms with van der Waals surface area (Å²) in [5.74, 6) is -1.89. The molecule has 0 radical (unpaired) electrons. The van der Waals surface area contributed by atoms with Crippen molar-refractivity contribution in [3.8, 4) is 5.75 Å². The number of ketones is 1. The standard InChI is InChI=1S/C22H27N3O6/c1-31-14-6-8-15-12(3-2-4-13(15)11-14)5-7-16-17(9-10-18(16)26)24-25-22(30)20(28)19(27)21(23)29/h5-6,8,11,16,19-20,27-28H,2-4,7,9-10H2,1H3,(H2,23,29)(H,25,30)/b12-5+,24-17+/t16?,19-,20-/m1/s1. The highest BCUT2D eigenvalue weighted by Gasteiger charge is 2.32. The van der Waals surface area contributed by atoms with E-state index in [0.717, 1.165) is 30.6 Å². The second kappa shape index (κ2) is 9.84. The molecule has 5 N–H and O–H groups in total. The Morgan fingerprint density at radius 1 is 1.26 bits per heavy atom. The normalized spacial score (nSPS) is 22.8. The number of nitrogens with zero attached hydrogens (tertiary/aromatic N) is 1. The van der Waals surface area contributed by atoms with Crippen LogP contribution in [0.1, 0.15) is 43.2 Å². The van der Waals surface area contributed by atoms with Gasteiger partial charge >= 0.3 is 0 Å². The minimum absolute atomic E-state index is 0.0355. The lowest BCUT2D eigenvalue weighted by molar-refractivity contribution is -0.144. The van der Waals surface area contributed by atoms with Gasteiger partial charge in [-0.15, -0.1) is 0 Å². The smallest absolute Gasteiger partial charge is 0.272 e. The molecule has 0 spiro atoms. The van der Waals surface area contributed by atoms with Gasteiger partial charge in [-0.3, -0.25) is 14.4 Å². The number of nitrogens with one attached hydrogen (secondary N) is 1. The number of aliphatic hydroxyl groups is 2. The molecule has 2 aliphatic carbocycles. The first kappa shape index (κ1) is 22.6. The van der Waals surface area contributed by atoms with Crippen LogP contribution >= 0.6 is 0 Å². The van der Waals surface area contributed by atoms with E-state index in [2.05, 4.69) is 16.6 Å². The average molecular weight is 429 g/mol. The summed E-state index contributed by atoms with van der Waals surface area (Å²) in [6, 6.07) is 6.00. The Bertz CT molecular complexity index is 939. The van der Waals surface area contributed by atoms with Crippen LogP contribution in [0.15, 0.2) is 29.4 Å². The molecule has 1 aromatic carbocycles. The fourth-order valence-electron chi connectivity index (χ4n) is 3.97. The zero-order chi connectivity index (χ0) is 22.5. The van der Waals surface area contributed by atoms with Gasteiger partial charge in [-0.2, -0.15) is 5.10 Å². The van der Waals surface area contributed by atoms with Gasteiger partial charge in [0, 0.05) is 12.1 Å². The molecule has 0 aromatic heterocycles. The van der Waals surface area contributed by atoms with E-state index in [-0.39, 0.29) is 5.78 Å². The fourth-order valence-corrected chi connectivity index (χ4v) is 3.97. The monoisotopic (exact) mass is 429 g/mol. The van der Waals surface area contributed by atoms with E-state index in [1.807, 2.05) is 18.2 Å². The predicted octanol–water partition coefficient (Wildman–Crippen LogP) is 0.463. The van der Waals surface area contributed by atoms with Crippen LogP contribution in [-0.4, -0.2) is 52.8 Å². The minimum Gasteiger partial charge on any atom is -0.497 e. The van der Waals surface area contributed by atoms with E-state index in [9.17, 15) is 24.6 Å². The van der Waals surface area contributed by atoms with E-state index >= 15 is 0 Å². The van der Waals surface area contributed by atoms with Crippen molar-refractivity contribution in [2.45, 2.75) is 50.7 Å². The van der Waals surface area contributed by atoms with Crippen LogP contribution in [0.5, 0.6) is 5.75 Å². The summed E-state index contributed by atoms with van der Waals surface area (Å²) in [5, 5.41) is 23.0. The molecule has 0 aliphatic heterocycles. The van der Waals surface area contributed by atoms with E-state index in [1.165, 1.54) is 11.1 Å². The molecular weight excluding hydrogens is 402 g/mol. The first-order chi connectivity index (χ1) is 14.8. The molecule has 3 rings (SSSR count). The van der Waals surface area contributed by atoms with Crippen LogP contribution in [0.4, 0.5) is 0 Å². The van der Waals surface area contributed by atoms with Gasteiger partial charge < -0.3 is 20.7 Å². The molecular formula is C22H27N3O6. The van der Waals surface area contributed by atoms with E-state index in [4.69, 9.17) is 10.5 Å². The van der Waals surface area contributed by atoms with Gasteiger partial charge in [0.05, 0.1) is 13.0 Å². The molecule has 0 heterocycles. The van der Waals surface area contributed by atoms with Crippen LogP contribution in [0, 0.1) is 5.92 Å². The summed E-state index contributed by atoms with van der Waals surface area (Å²) < 4.78 is 5.30. The van der Waals surface area contributed by atoms with Gasteiger partial charge in [0.25, 0.3) is 5.91 Å². The number of rotatable bonds is 7. The zero-order valence-electron chi connectivity index (χ0n) is 17.3. The Balaban J connectivity index is 1.71. The Labute approximate surface area is 180 Å². The third kappa shape index (κ3) is 5.18. The minimum atomic E-state index is -2.03. The van der Waals surface area contributed by atoms with Gasteiger partial charge in [-0.1, -0.05) is 12.1 Å². The number of amides is 2. The Morgan fingerprint density at radius 2 is 2.03 bits per heavy atom. The lowest BCUT2D eigenvalue weighted by Crippen LogP contribution is -2.47. The highest BCUT2D eigenvalue weighted by Crippen LogP contribution is 2.34. The molecule has 3 atom stereocenters. The first-order valence-corrected chi connectivity index (χ1v) is 10.2. The number of hydrogen-bond donors (Lipinski definition) is 4. The Hall–Kier alpha value is -3.04. The molecule has 0 saturated heterocycles. The molecule has 9 nitrogen and oxygen atoms in total. The molecule has 2 aliphatic rings. The number of benzene rings is 1. The number of carbonyl (C=O) groups excluding carboxylic acids is 3. The number of hydrogen-bond acceptors (Lipinski definition) is 7. The maximum atomic E-state index is 12.4. The molecule has 166 valence electrons. The van der Waals surface area contributed by atoms with Crippen molar-refractivity contribution in [2.24, 2.45) is 16.8 Å². The number of aliphatic hydroxyl groups excluding tert-OH is 2. The topological polar surface area (TPSA) is 151 Å². The number of nitrogens with two attached hydrogens (primary N) is 1. The third-order valence-corrected chi connectivity index (χ3v) is 5.74. The van der Waals surface area contributed by atoms with Crippen molar-refractivity contribution in [3.05, 3.63) is 35.4 Å². The number of aryl methyl sites for hydroxylation is 1. The summed E-state index contributed by atoms with van der Waals surface area (Å²) in [6.07, 6.45) is 2.08. The second-order valence-corrected chi connectivity index (χ2v) is 7.73. The number of carbonyl (C=O) groups is 3. The molecule has 1 saturated carbocycles. The fraction of sp³-hybridized carbons (Fsp3) is 0.455. The van der Waals surface area contributed by atoms with Crippen molar-refractivity contribution < 1.29 is 29.3 Å². The second-order valence-electron chi connectivity index (χ2n) is 7.73. The van der Waals surface area contributed by atoms with Crippen molar-refractivity contribution >= 4 is 28.9 Å². The van der Waals surface area contributed by atoms with Crippen LogP contribution in [0.3, 0.4) is 0 Å². The number of ether oxygens (including phenoxy) is 1. The largest absolute Gasteiger partial charge is 0.497 e. The lowest BCUT2D eigenvalue weighted by atomic mass is 9.85. The Morgan fingerprint density at radius 3 is 2.74 bits per heavy atom. The quantitative estimate of drug-likeness (QED) is 0.462. The highest BCUT2D eigenvalue weighted by molar-refractivity contribution is 6.11. The van der Waals surface area contributed by atoms with Gasteiger partial charge in [0.2, 0.25) is 5.91 Å². The Kier molecular flexibility index (Phi) is 7.19. The number of primary amides is 1. The molecule has 9 heteroatoms. The summed E-state index contributed by atoms with van der Waals surface area (Å²) in [5.41, 5.74) is 11.0. The van der Waals surface area contributed by atoms with Gasteiger partial charge in [0.1, 0.15) is 11.5 Å². The maximum absolute atomic E-state index is 12.4. The van der Waals surface area contributed by atoms with E-state index in [0.29, 0.717) is 25.0 Å². The molecule has 31 heavy (non-hydrogen) atoms. The summed E-state index contributed by atoms with van der Waals surface area (Å²) in [7, 11) is 1.64. The van der Waals surface area contributed by atoms with Crippen molar-refractivity contribution in [1.29, 1.82) is 0 Å². The average Bonchev–Trinajstić information content (AvgIpc) is 3.13. The van der Waals surface area contributed by atoms with Crippen molar-refractivity contribution in [2.75, 3.05) is 7.11 Å². The summed E-state index contributed by atoms with van der Waals surface area (Å²) in [6.45, 7) is 0. The van der Waals surface area contributed by atoms with Crippen LogP contribution < -0.4 is 15.9 Å².